The molecule has 1 heterocycles. The molecule has 1 atom stereocenters. The predicted molar refractivity (Wildman–Crippen MR) is 308 cm³/mol. The fraction of sp³-hybridized carbons (Fsp3) is 0.0278. The molecule has 2 heteroatoms. The number of hydrogen-bond donors (Lipinski definition) is 0. The van der Waals surface area contributed by atoms with E-state index in [4.69, 9.17) is 0 Å². The summed E-state index contributed by atoms with van der Waals surface area (Å²) in [6, 6.07) is 109. The molecule has 0 saturated heterocycles. The van der Waals surface area contributed by atoms with Gasteiger partial charge in [0, 0.05) is 33.2 Å². The summed E-state index contributed by atoms with van der Waals surface area (Å²) in [5.41, 5.74) is 20.8. The zero-order valence-electron chi connectivity index (χ0n) is 40.6. The van der Waals surface area contributed by atoms with Gasteiger partial charge in [-0.15, -0.1) is 0 Å². The van der Waals surface area contributed by atoms with Crippen LogP contribution in [-0.2, 0) is 10.8 Å². The molecule has 0 saturated carbocycles. The van der Waals surface area contributed by atoms with Gasteiger partial charge in [0.1, 0.15) is 0 Å². The van der Waals surface area contributed by atoms with Crippen molar-refractivity contribution in [3.8, 4) is 27.9 Å². The Labute approximate surface area is 431 Å². The molecule has 2 aliphatic carbocycles. The second-order valence-electron chi connectivity index (χ2n) is 19.9. The molecule has 1 unspecified atom stereocenters. The Morgan fingerprint density at radius 3 is 1.30 bits per heavy atom. The zero-order valence-corrected chi connectivity index (χ0v) is 40.6. The number of hydrogen-bond acceptors (Lipinski definition) is 1. The van der Waals surface area contributed by atoms with Crippen LogP contribution < -0.4 is 4.90 Å². The van der Waals surface area contributed by atoms with Crippen LogP contribution in [0.2, 0.25) is 0 Å². The molecular formula is C72H48N2. The molecule has 0 bridgehead atoms. The van der Waals surface area contributed by atoms with Gasteiger partial charge >= 0.3 is 0 Å². The monoisotopic (exact) mass is 940 g/mol. The zero-order chi connectivity index (χ0) is 48.8. The van der Waals surface area contributed by atoms with E-state index in [9.17, 15) is 0 Å². The van der Waals surface area contributed by atoms with Crippen molar-refractivity contribution in [2.45, 2.75) is 10.8 Å². The summed E-state index contributed by atoms with van der Waals surface area (Å²) in [5, 5.41) is 4.92. The molecule has 0 radical (unpaired) electrons. The Hall–Kier alpha value is -9.50. The lowest BCUT2D eigenvalue weighted by molar-refractivity contribution is 0.768. The van der Waals surface area contributed by atoms with Gasteiger partial charge in [-0.2, -0.15) is 0 Å². The molecule has 2 nitrogen and oxygen atoms in total. The van der Waals surface area contributed by atoms with Crippen molar-refractivity contribution >= 4 is 49.6 Å². The quantitative estimate of drug-likeness (QED) is 0.147. The van der Waals surface area contributed by atoms with E-state index in [0.29, 0.717) is 0 Å². The molecule has 0 N–H and O–H groups in total. The van der Waals surface area contributed by atoms with Crippen LogP contribution in [0.3, 0.4) is 0 Å². The van der Waals surface area contributed by atoms with Gasteiger partial charge in [-0.3, -0.25) is 0 Å². The molecule has 0 spiro atoms. The lowest BCUT2D eigenvalue weighted by Crippen LogP contribution is -2.29. The van der Waals surface area contributed by atoms with E-state index in [1.165, 1.54) is 105 Å². The fourth-order valence-electron chi connectivity index (χ4n) is 13.3. The molecule has 13 aromatic rings. The molecule has 0 amide bonds. The number of para-hydroxylation sites is 2. The minimum Gasteiger partial charge on any atom is -0.310 e. The van der Waals surface area contributed by atoms with Crippen LogP contribution in [-0.4, -0.2) is 4.57 Å². The maximum absolute atomic E-state index is 2.50. The number of nitrogens with zero attached hydrogens (tertiary/aromatic N) is 2. The largest absolute Gasteiger partial charge is 0.310 e. The number of rotatable bonds is 8. The normalized spacial score (nSPS) is 14.9. The summed E-state index contributed by atoms with van der Waals surface area (Å²) in [5.74, 6) is 0. The van der Waals surface area contributed by atoms with Gasteiger partial charge in [0.25, 0.3) is 0 Å². The van der Waals surface area contributed by atoms with Crippen molar-refractivity contribution < 1.29 is 0 Å². The first kappa shape index (κ1) is 42.2. The topological polar surface area (TPSA) is 8.17 Å². The van der Waals surface area contributed by atoms with Crippen molar-refractivity contribution in [2.75, 3.05) is 4.90 Å². The summed E-state index contributed by atoms with van der Waals surface area (Å²) < 4.78 is 2.47. The molecule has 346 valence electrons. The molecular weight excluding hydrogens is 893 g/mol. The Morgan fingerprint density at radius 2 is 0.703 bits per heavy atom. The second-order valence-corrected chi connectivity index (χ2v) is 19.9. The smallest absolute Gasteiger partial charge is 0.0714 e. The number of anilines is 3. The molecule has 12 aromatic carbocycles. The molecule has 15 rings (SSSR count). The van der Waals surface area contributed by atoms with Crippen molar-refractivity contribution in [1.29, 1.82) is 0 Å². The van der Waals surface area contributed by atoms with E-state index < -0.39 is 10.8 Å². The Balaban J connectivity index is 0.984. The Kier molecular flexibility index (Phi) is 9.43. The second kappa shape index (κ2) is 16.5. The van der Waals surface area contributed by atoms with Crippen molar-refractivity contribution in [1.82, 2.24) is 4.57 Å². The average molecular weight is 941 g/mol. The Bertz CT molecular complexity index is 4260. The van der Waals surface area contributed by atoms with E-state index in [2.05, 4.69) is 301 Å². The third kappa shape index (κ3) is 5.94. The summed E-state index contributed by atoms with van der Waals surface area (Å²) in [7, 11) is 0. The van der Waals surface area contributed by atoms with Crippen LogP contribution in [0.15, 0.2) is 291 Å². The number of aromatic nitrogens is 1. The molecule has 1 aromatic heterocycles. The fourth-order valence-corrected chi connectivity index (χ4v) is 13.3. The van der Waals surface area contributed by atoms with Crippen LogP contribution in [0, 0.1) is 0 Å². The van der Waals surface area contributed by atoms with E-state index in [1.807, 2.05) is 0 Å². The van der Waals surface area contributed by atoms with Crippen molar-refractivity contribution in [3.63, 3.8) is 0 Å². The number of benzene rings is 12. The highest BCUT2D eigenvalue weighted by Crippen LogP contribution is 2.60. The van der Waals surface area contributed by atoms with Crippen molar-refractivity contribution in [3.05, 3.63) is 336 Å². The average Bonchev–Trinajstić information content (AvgIpc) is 4.16. The van der Waals surface area contributed by atoms with Gasteiger partial charge < -0.3 is 9.47 Å². The first-order valence-electron chi connectivity index (χ1n) is 25.8. The van der Waals surface area contributed by atoms with Crippen LogP contribution in [0.1, 0.15) is 44.5 Å². The minimum absolute atomic E-state index is 0.537. The molecule has 0 fully saturated rings. The summed E-state index contributed by atoms with van der Waals surface area (Å²) in [6.45, 7) is 0. The lowest BCUT2D eigenvalue weighted by atomic mass is 9.67. The van der Waals surface area contributed by atoms with Crippen LogP contribution in [0.4, 0.5) is 17.1 Å². The first-order valence-corrected chi connectivity index (χ1v) is 25.8. The van der Waals surface area contributed by atoms with Gasteiger partial charge in [0.15, 0.2) is 0 Å². The maximum Gasteiger partial charge on any atom is 0.0714 e. The standard InChI is InChI=1S/C72H48N2/c1-5-24-50(25-6-1)71(51-26-7-2-8-27-51)64-36-18-15-33-58(64)60-43-41-55(47-66(60)71)73(54-30-11-4-12-31-54)56-42-44-61-59-34-16-19-37-65(59)72(67(61)48-56,52-28-9-3-10-29-52)53-40-45-70-63(46-53)62-35-17-20-38-69(62)74(70)68-39-21-23-49-22-13-14-32-57(49)68/h1-48H. The van der Waals surface area contributed by atoms with Gasteiger partial charge in [0.05, 0.1) is 27.6 Å². The third-order valence-corrected chi connectivity index (χ3v) is 16.3. The maximum atomic E-state index is 2.50. The first-order chi connectivity index (χ1) is 36.7. The van der Waals surface area contributed by atoms with Crippen molar-refractivity contribution in [2.24, 2.45) is 0 Å². The van der Waals surface area contributed by atoms with Crippen LogP contribution >= 0.6 is 0 Å². The van der Waals surface area contributed by atoms with Gasteiger partial charge in [-0.1, -0.05) is 231 Å². The van der Waals surface area contributed by atoms with E-state index in [-0.39, 0.29) is 0 Å². The van der Waals surface area contributed by atoms with Crippen LogP contribution in [0.5, 0.6) is 0 Å². The molecule has 0 aliphatic heterocycles. The molecule has 74 heavy (non-hydrogen) atoms. The highest BCUT2D eigenvalue weighted by molar-refractivity contribution is 6.11. The van der Waals surface area contributed by atoms with E-state index >= 15 is 0 Å². The highest BCUT2D eigenvalue weighted by atomic mass is 15.1. The van der Waals surface area contributed by atoms with E-state index in [1.54, 1.807) is 0 Å². The van der Waals surface area contributed by atoms with Gasteiger partial charge in [-0.05, 0) is 133 Å². The summed E-state index contributed by atoms with van der Waals surface area (Å²) in [4.78, 5) is 2.48. The number of fused-ring (bicyclic) bond motifs is 10. The summed E-state index contributed by atoms with van der Waals surface area (Å²) in [6.07, 6.45) is 0. The van der Waals surface area contributed by atoms with Crippen LogP contribution in [0.25, 0.3) is 60.5 Å². The SMILES string of the molecule is c1ccc(N(c2ccc3c(c2)C(c2ccccc2)(c2ccccc2)c2ccccc2-3)c2ccc3c(c2)C(c2ccccc2)(c2ccc4c(c2)c2ccccc2n4-c2cccc4ccccc24)c2ccccc2-3)cc1. The Morgan fingerprint density at radius 1 is 0.257 bits per heavy atom. The highest BCUT2D eigenvalue weighted by Gasteiger charge is 2.48. The van der Waals surface area contributed by atoms with Gasteiger partial charge in [-0.25, -0.2) is 0 Å². The third-order valence-electron chi connectivity index (χ3n) is 16.3. The lowest BCUT2D eigenvalue weighted by Gasteiger charge is -2.36. The molecule has 2 aliphatic rings. The minimum atomic E-state index is -0.655. The van der Waals surface area contributed by atoms with Gasteiger partial charge in [0.2, 0.25) is 0 Å². The van der Waals surface area contributed by atoms with E-state index in [0.717, 1.165) is 17.1 Å². The summed E-state index contributed by atoms with van der Waals surface area (Å²) >= 11 is 0. The predicted octanol–water partition coefficient (Wildman–Crippen LogP) is 18.1.